The maximum atomic E-state index is 14.2. The lowest BCUT2D eigenvalue weighted by Crippen LogP contribution is -2.10. The quantitative estimate of drug-likeness (QED) is 0.107. The first-order valence-electron chi connectivity index (χ1n) is 14.5. The molecule has 6 heterocycles. The average Bonchev–Trinajstić information content (AvgIpc) is 3.95. The number of benzene rings is 2. The van der Waals surface area contributed by atoms with Gasteiger partial charge in [0.15, 0.2) is 16.5 Å². The van der Waals surface area contributed by atoms with Crippen molar-refractivity contribution in [3.63, 3.8) is 0 Å². The zero-order valence-electron chi connectivity index (χ0n) is 26.0. The van der Waals surface area contributed by atoms with Crippen LogP contribution in [0.5, 0.6) is 11.5 Å². The van der Waals surface area contributed by atoms with Crippen molar-refractivity contribution in [2.45, 2.75) is 30.5 Å². The first kappa shape index (κ1) is 36.8. The molecule has 0 spiro atoms. The van der Waals surface area contributed by atoms with Crippen LogP contribution in [0.1, 0.15) is 34.5 Å². The number of rotatable bonds is 5. The van der Waals surface area contributed by atoms with E-state index in [1.54, 1.807) is 34.9 Å². The van der Waals surface area contributed by atoms with Gasteiger partial charge in [0.1, 0.15) is 61.2 Å². The Morgan fingerprint density at radius 2 is 1.40 bits per heavy atom. The molecule has 0 saturated heterocycles. The highest BCUT2D eigenvalue weighted by Gasteiger charge is 2.28. The van der Waals surface area contributed by atoms with Gasteiger partial charge >= 0.3 is 0 Å². The maximum Gasteiger partial charge on any atom is 0.210 e. The van der Waals surface area contributed by atoms with E-state index in [1.807, 2.05) is 10.7 Å². The van der Waals surface area contributed by atoms with Crippen molar-refractivity contribution in [2.24, 2.45) is 5.73 Å². The van der Waals surface area contributed by atoms with Crippen LogP contribution in [0, 0.1) is 24.5 Å². The number of anilines is 1. The number of fused-ring (bicyclic) bond motifs is 4. The lowest BCUT2D eigenvalue weighted by atomic mass is 10.0. The van der Waals surface area contributed by atoms with E-state index in [0.717, 1.165) is 15.3 Å². The molecular weight excluding hydrogens is 806 g/mol. The molecule has 14 nitrogen and oxygen atoms in total. The van der Waals surface area contributed by atoms with Gasteiger partial charge in [0.25, 0.3) is 0 Å². The molecule has 0 radical (unpaired) electrons. The first-order valence-corrected chi connectivity index (χ1v) is 17.3. The fraction of sp³-hybridized carbons (Fsp3) is 0.226. The second-order valence-electron chi connectivity index (χ2n) is 10.2. The van der Waals surface area contributed by atoms with E-state index in [2.05, 4.69) is 80.4 Å². The minimum Gasteiger partial charge on any atom is -0.490 e. The van der Waals surface area contributed by atoms with Gasteiger partial charge in [-0.3, -0.25) is 8.80 Å². The van der Waals surface area contributed by atoms with E-state index >= 15 is 0 Å². The van der Waals surface area contributed by atoms with Crippen LogP contribution in [0.2, 0.25) is 0 Å². The van der Waals surface area contributed by atoms with Crippen LogP contribution in [0.25, 0.3) is 11.3 Å². The highest BCUT2D eigenvalue weighted by molar-refractivity contribution is 9.11. The molecule has 2 atom stereocenters. The van der Waals surface area contributed by atoms with Crippen LogP contribution in [-0.2, 0) is 13.1 Å². The van der Waals surface area contributed by atoms with Crippen LogP contribution >= 0.6 is 43.6 Å². The van der Waals surface area contributed by atoms with Crippen LogP contribution in [-0.4, -0.2) is 68.8 Å². The van der Waals surface area contributed by atoms with Crippen LogP contribution < -0.4 is 20.5 Å². The largest absolute Gasteiger partial charge is 0.490 e. The number of halogens is 4. The molecule has 5 N–H and O–H groups in total. The standard InChI is InChI=1S/C14H11BrFN5O2.C9H10FNO2.C6H5BrN4S.C2H2/c15-8-4-18-14(21-6-19-20-13(8)21)17-3-7-9(16)1-2-11-12(7)10(22)5-23-11;10-6-1-2-8-9(5(6)3-11)7(12)4-13-8;1-12-6-8-2-4(7)5-10-9-3-11(5)6;1-2/h1-2,4,6,10,22H,3,5H2,(H,17,18);1-2,7,12H,3-4,11H2;2-3H,1H3;1-2H. The predicted molar refractivity (Wildman–Crippen MR) is 188 cm³/mol. The number of nitrogens with two attached hydrogens (primary N) is 1. The first-order chi connectivity index (χ1) is 24.2. The molecule has 0 amide bonds. The van der Waals surface area contributed by atoms with Gasteiger partial charge in [-0.15, -0.1) is 33.2 Å². The Morgan fingerprint density at radius 3 is 1.98 bits per heavy atom. The van der Waals surface area contributed by atoms with Gasteiger partial charge in [-0.2, -0.15) is 0 Å². The summed E-state index contributed by atoms with van der Waals surface area (Å²) in [7, 11) is 0. The Labute approximate surface area is 304 Å². The van der Waals surface area contributed by atoms with Crippen LogP contribution in [0.4, 0.5) is 14.7 Å². The van der Waals surface area contributed by atoms with Gasteiger partial charge in [0.2, 0.25) is 5.95 Å². The molecule has 2 unspecified atom stereocenters. The Morgan fingerprint density at radius 1 is 0.880 bits per heavy atom. The predicted octanol–water partition coefficient (Wildman–Crippen LogP) is 4.63. The Balaban J connectivity index is 0.000000153. The number of nitrogens with zero attached hydrogens (tertiary/aromatic N) is 8. The molecule has 2 aliphatic heterocycles. The number of nitrogens with one attached hydrogen (secondary N) is 1. The van der Waals surface area contributed by atoms with Gasteiger partial charge in [-0.05, 0) is 62.4 Å². The second-order valence-corrected chi connectivity index (χ2v) is 12.6. The highest BCUT2D eigenvalue weighted by Crippen LogP contribution is 2.37. The molecule has 19 heteroatoms. The monoisotopic (exact) mass is 832 g/mol. The van der Waals surface area contributed by atoms with Crippen molar-refractivity contribution in [1.82, 2.24) is 39.2 Å². The highest BCUT2D eigenvalue weighted by atomic mass is 79.9. The molecule has 2 aliphatic rings. The SMILES string of the molecule is C#C.CSc1ncc(Br)c2nncn12.NCc1c(F)ccc2c1C(O)CO2.OC1COc2ccc(F)c(CNc3ncc(Br)c4nncn34)c21. The van der Waals surface area contributed by atoms with E-state index in [4.69, 9.17) is 15.2 Å². The molecule has 0 saturated carbocycles. The lowest BCUT2D eigenvalue weighted by Gasteiger charge is -2.13. The maximum absolute atomic E-state index is 14.2. The summed E-state index contributed by atoms with van der Waals surface area (Å²) >= 11 is 8.25. The molecule has 0 fully saturated rings. The summed E-state index contributed by atoms with van der Waals surface area (Å²) in [4.78, 5) is 8.44. The van der Waals surface area contributed by atoms with Gasteiger partial charge in [-0.25, -0.2) is 18.7 Å². The third-order valence-electron chi connectivity index (χ3n) is 7.34. The number of aromatic nitrogens is 8. The average molecular weight is 835 g/mol. The number of ether oxygens (including phenoxy) is 2. The molecule has 4 aromatic heterocycles. The third kappa shape index (κ3) is 7.50. The normalized spacial score (nSPS) is 15.3. The van der Waals surface area contributed by atoms with E-state index in [0.29, 0.717) is 49.8 Å². The molecule has 2 aromatic carbocycles. The fourth-order valence-corrected chi connectivity index (χ4v) is 6.35. The Hall–Kier alpha value is -4.45. The van der Waals surface area contributed by atoms with Crippen molar-refractivity contribution in [1.29, 1.82) is 0 Å². The molecule has 6 aromatic rings. The zero-order chi connectivity index (χ0) is 35.9. The van der Waals surface area contributed by atoms with E-state index < -0.39 is 18.0 Å². The number of terminal acetylenes is 1. The smallest absolute Gasteiger partial charge is 0.210 e. The van der Waals surface area contributed by atoms with Crippen LogP contribution in [0.15, 0.2) is 63.4 Å². The van der Waals surface area contributed by atoms with Gasteiger partial charge < -0.3 is 30.7 Å². The van der Waals surface area contributed by atoms with Crippen molar-refractivity contribution in [3.8, 4) is 24.3 Å². The lowest BCUT2D eigenvalue weighted by molar-refractivity contribution is 0.139. The van der Waals surface area contributed by atoms with E-state index in [1.165, 1.54) is 30.6 Å². The molecule has 0 aliphatic carbocycles. The molecular formula is C31H28Br2F2N10O4S. The van der Waals surface area contributed by atoms with Crippen molar-refractivity contribution in [2.75, 3.05) is 24.8 Å². The number of aliphatic hydroxyl groups excluding tert-OH is 2. The van der Waals surface area contributed by atoms with Crippen molar-refractivity contribution in [3.05, 3.63) is 92.1 Å². The summed E-state index contributed by atoms with van der Waals surface area (Å²) in [5.41, 5.74) is 8.47. The number of thioether (sulfide) groups is 1. The van der Waals surface area contributed by atoms with E-state index in [9.17, 15) is 19.0 Å². The van der Waals surface area contributed by atoms with Gasteiger partial charge in [0.05, 0.1) is 8.95 Å². The second kappa shape index (κ2) is 16.5. The van der Waals surface area contributed by atoms with Crippen LogP contribution in [0.3, 0.4) is 0 Å². The zero-order valence-corrected chi connectivity index (χ0v) is 30.0. The summed E-state index contributed by atoms with van der Waals surface area (Å²) in [5.74, 6) is 0.727. The van der Waals surface area contributed by atoms with Gasteiger partial charge in [-0.1, -0.05) is 11.8 Å². The Bertz CT molecular complexity index is 2150. The third-order valence-corrected chi connectivity index (χ3v) is 9.12. The van der Waals surface area contributed by atoms with Crippen molar-refractivity contribution < 1.29 is 28.5 Å². The molecule has 8 rings (SSSR count). The topological polar surface area (TPSA) is 183 Å². The minimum atomic E-state index is -0.828. The molecule has 50 heavy (non-hydrogen) atoms. The number of aliphatic hydroxyl groups is 2. The van der Waals surface area contributed by atoms with Crippen molar-refractivity contribution >= 4 is 60.9 Å². The summed E-state index contributed by atoms with van der Waals surface area (Å²) in [6.45, 7) is 0.552. The van der Waals surface area contributed by atoms with Gasteiger partial charge in [0, 0.05) is 47.7 Å². The molecule has 260 valence electrons. The van der Waals surface area contributed by atoms with E-state index in [-0.39, 0.29) is 32.1 Å². The summed E-state index contributed by atoms with van der Waals surface area (Å²) in [6.07, 6.45) is 14.9. The fourth-order valence-electron chi connectivity index (χ4n) is 5.12. The summed E-state index contributed by atoms with van der Waals surface area (Å²) in [6, 6.07) is 5.68. The summed E-state index contributed by atoms with van der Waals surface area (Å²) in [5, 5.41) is 39.0. The Kier molecular flexibility index (Phi) is 12.2. The number of hydrogen-bond acceptors (Lipinski definition) is 13. The minimum absolute atomic E-state index is 0.0788. The number of hydrogen-bond donors (Lipinski definition) is 4. The summed E-state index contributed by atoms with van der Waals surface area (Å²) < 4.78 is 42.9. The molecule has 0 bridgehead atoms.